The van der Waals surface area contributed by atoms with Crippen molar-refractivity contribution in [2.24, 2.45) is 4.99 Å². The predicted octanol–water partition coefficient (Wildman–Crippen LogP) is 3.42. The van der Waals surface area contributed by atoms with Crippen LogP contribution in [0.4, 0.5) is 18.9 Å². The Bertz CT molecular complexity index is 745. The van der Waals surface area contributed by atoms with Crippen LogP contribution in [-0.2, 0) is 11.0 Å². The molecule has 1 N–H and O–H groups in total. The summed E-state index contributed by atoms with van der Waals surface area (Å²) in [4.78, 5) is 22.8. The fraction of sp³-hybridized carbons (Fsp3) is 0.619. The number of nitrogens with zero attached hydrogens (tertiary/aromatic N) is 4. The Morgan fingerprint density at radius 3 is 2.35 bits per heavy atom. The summed E-state index contributed by atoms with van der Waals surface area (Å²) in [5, 5.41) is 3.26. The average Bonchev–Trinajstić information content (AvgIpc) is 3.28. The molecule has 6 nitrogen and oxygen atoms in total. The molecule has 0 unspecified atom stereocenters. The molecule has 31 heavy (non-hydrogen) atoms. The SMILES string of the molecule is CCNC(=NCCC(=O)N1CCCC1)N1CCN(c2cccc(C(F)(F)F)c2)CC1.I. The summed E-state index contributed by atoms with van der Waals surface area (Å²) >= 11 is 0. The Morgan fingerprint density at radius 1 is 1.06 bits per heavy atom. The molecule has 2 saturated heterocycles. The van der Waals surface area contributed by atoms with E-state index >= 15 is 0 Å². The van der Waals surface area contributed by atoms with Crippen LogP contribution in [0.2, 0.25) is 0 Å². The van der Waals surface area contributed by atoms with E-state index in [-0.39, 0.29) is 29.9 Å². The van der Waals surface area contributed by atoms with Crippen molar-refractivity contribution < 1.29 is 18.0 Å². The van der Waals surface area contributed by atoms with Crippen molar-refractivity contribution in [1.82, 2.24) is 15.1 Å². The molecule has 0 aromatic heterocycles. The molecule has 2 heterocycles. The Balaban J connectivity index is 0.00000341. The molecule has 10 heteroatoms. The number of carbonyl (C=O) groups is 1. The van der Waals surface area contributed by atoms with Gasteiger partial charge in [-0.25, -0.2) is 0 Å². The van der Waals surface area contributed by atoms with Gasteiger partial charge in [0.05, 0.1) is 12.1 Å². The zero-order chi connectivity index (χ0) is 21.6. The number of aliphatic imine (C=N–C) groups is 1. The first kappa shape index (κ1) is 25.5. The summed E-state index contributed by atoms with van der Waals surface area (Å²) in [6.45, 7) is 7.36. The van der Waals surface area contributed by atoms with Crippen molar-refractivity contribution in [2.45, 2.75) is 32.4 Å². The van der Waals surface area contributed by atoms with Crippen LogP contribution in [0.15, 0.2) is 29.3 Å². The Labute approximate surface area is 198 Å². The van der Waals surface area contributed by atoms with E-state index in [1.165, 1.54) is 12.1 Å². The maximum absolute atomic E-state index is 13.0. The molecule has 0 aliphatic carbocycles. The van der Waals surface area contributed by atoms with E-state index in [1.54, 1.807) is 6.07 Å². The Kier molecular flexibility index (Phi) is 9.70. The van der Waals surface area contributed by atoms with Crippen LogP contribution in [-0.4, -0.2) is 74.0 Å². The van der Waals surface area contributed by atoms with Crippen molar-refractivity contribution in [3.63, 3.8) is 0 Å². The molecular formula is C21H31F3IN5O. The lowest BCUT2D eigenvalue weighted by Gasteiger charge is -2.38. The monoisotopic (exact) mass is 553 g/mol. The molecule has 0 saturated carbocycles. The summed E-state index contributed by atoms with van der Waals surface area (Å²) in [5.41, 5.74) is -0.0392. The first-order valence-corrected chi connectivity index (χ1v) is 10.6. The molecule has 2 fully saturated rings. The fourth-order valence-electron chi connectivity index (χ4n) is 3.86. The van der Waals surface area contributed by atoms with Crippen molar-refractivity contribution in [3.05, 3.63) is 29.8 Å². The van der Waals surface area contributed by atoms with Crippen molar-refractivity contribution in [3.8, 4) is 0 Å². The highest BCUT2D eigenvalue weighted by Gasteiger charge is 2.31. The summed E-state index contributed by atoms with van der Waals surface area (Å²) in [6.07, 6.45) is -1.78. The minimum Gasteiger partial charge on any atom is -0.368 e. The van der Waals surface area contributed by atoms with E-state index in [0.29, 0.717) is 51.4 Å². The molecule has 0 spiro atoms. The first-order valence-electron chi connectivity index (χ1n) is 10.6. The summed E-state index contributed by atoms with van der Waals surface area (Å²) in [5.74, 6) is 0.914. The number of alkyl halides is 3. The van der Waals surface area contributed by atoms with Crippen LogP contribution >= 0.6 is 24.0 Å². The minimum atomic E-state index is -4.34. The highest BCUT2D eigenvalue weighted by Crippen LogP contribution is 2.31. The van der Waals surface area contributed by atoms with Gasteiger partial charge in [-0.2, -0.15) is 13.2 Å². The van der Waals surface area contributed by atoms with Crippen molar-refractivity contribution >= 4 is 41.5 Å². The van der Waals surface area contributed by atoms with Crippen LogP contribution in [0.3, 0.4) is 0 Å². The van der Waals surface area contributed by atoms with Crippen LogP contribution < -0.4 is 10.2 Å². The zero-order valence-electron chi connectivity index (χ0n) is 17.8. The molecule has 1 amide bonds. The van der Waals surface area contributed by atoms with Gasteiger partial charge in [-0.1, -0.05) is 6.07 Å². The predicted molar refractivity (Wildman–Crippen MR) is 127 cm³/mol. The number of hydrogen-bond acceptors (Lipinski definition) is 3. The molecule has 2 aliphatic heterocycles. The number of amides is 1. The highest BCUT2D eigenvalue weighted by molar-refractivity contribution is 14.0. The third-order valence-electron chi connectivity index (χ3n) is 5.50. The third kappa shape index (κ3) is 7.15. The molecule has 3 rings (SSSR count). The number of piperazine rings is 1. The quantitative estimate of drug-likeness (QED) is 0.345. The standard InChI is InChI=1S/C21H30F3N5O.HI/c1-2-25-20(26-9-8-19(30)28-10-3-4-11-28)29-14-12-27(13-15-29)18-7-5-6-17(16-18)21(22,23)24;/h5-7,16H,2-4,8-15H2,1H3,(H,25,26);1H. The van der Waals surface area contributed by atoms with Crippen molar-refractivity contribution in [1.29, 1.82) is 0 Å². The van der Waals surface area contributed by atoms with Crippen LogP contribution in [0.1, 0.15) is 31.7 Å². The zero-order valence-corrected chi connectivity index (χ0v) is 20.2. The smallest absolute Gasteiger partial charge is 0.368 e. The van der Waals surface area contributed by atoms with Gasteiger partial charge >= 0.3 is 6.18 Å². The van der Waals surface area contributed by atoms with E-state index in [2.05, 4.69) is 15.2 Å². The number of anilines is 1. The maximum atomic E-state index is 13.0. The lowest BCUT2D eigenvalue weighted by atomic mass is 10.1. The second kappa shape index (κ2) is 11.8. The highest BCUT2D eigenvalue weighted by atomic mass is 127. The Hall–Kier alpha value is -1.72. The molecule has 0 bridgehead atoms. The number of hydrogen-bond donors (Lipinski definition) is 1. The molecule has 1 aromatic carbocycles. The number of carbonyl (C=O) groups excluding carboxylic acids is 1. The van der Waals surface area contributed by atoms with Gasteiger partial charge in [-0.3, -0.25) is 9.79 Å². The number of halogens is 4. The molecule has 2 aliphatic rings. The number of nitrogens with one attached hydrogen (secondary N) is 1. The lowest BCUT2D eigenvalue weighted by molar-refractivity contribution is -0.137. The number of guanidine groups is 1. The van der Waals surface area contributed by atoms with Crippen molar-refractivity contribution in [2.75, 3.05) is 57.3 Å². The van der Waals surface area contributed by atoms with Gasteiger partial charge in [0.25, 0.3) is 0 Å². The summed E-state index contributed by atoms with van der Waals surface area (Å²) in [7, 11) is 0. The van der Waals surface area contributed by atoms with Gasteiger partial charge in [0.2, 0.25) is 5.91 Å². The molecule has 174 valence electrons. The van der Waals surface area contributed by atoms with Crippen LogP contribution in [0.5, 0.6) is 0 Å². The minimum absolute atomic E-state index is 0. The van der Waals surface area contributed by atoms with Gasteiger partial charge in [0.1, 0.15) is 0 Å². The molecule has 0 atom stereocenters. The molecule has 1 aromatic rings. The molecular weight excluding hydrogens is 522 g/mol. The Morgan fingerprint density at radius 2 is 1.74 bits per heavy atom. The number of likely N-dealkylation sites (tertiary alicyclic amines) is 1. The molecule has 0 radical (unpaired) electrons. The van der Waals surface area contributed by atoms with Crippen LogP contribution in [0, 0.1) is 0 Å². The van der Waals surface area contributed by atoms with Gasteiger partial charge in [0, 0.05) is 57.9 Å². The third-order valence-corrected chi connectivity index (χ3v) is 5.50. The maximum Gasteiger partial charge on any atom is 0.416 e. The topological polar surface area (TPSA) is 51.2 Å². The fourth-order valence-corrected chi connectivity index (χ4v) is 3.86. The first-order chi connectivity index (χ1) is 14.4. The van der Waals surface area contributed by atoms with E-state index in [1.807, 2.05) is 16.7 Å². The van der Waals surface area contributed by atoms with Gasteiger partial charge in [-0.05, 0) is 38.0 Å². The van der Waals surface area contributed by atoms with E-state index in [0.717, 1.165) is 38.0 Å². The number of rotatable bonds is 5. The second-order valence-corrected chi connectivity index (χ2v) is 7.60. The number of benzene rings is 1. The van der Waals surface area contributed by atoms with Gasteiger partial charge in [0.15, 0.2) is 5.96 Å². The van der Waals surface area contributed by atoms with Gasteiger partial charge in [-0.15, -0.1) is 24.0 Å². The summed E-state index contributed by atoms with van der Waals surface area (Å²) < 4.78 is 39.0. The average molecular weight is 553 g/mol. The van der Waals surface area contributed by atoms with E-state index in [4.69, 9.17) is 0 Å². The largest absolute Gasteiger partial charge is 0.416 e. The van der Waals surface area contributed by atoms with E-state index in [9.17, 15) is 18.0 Å². The normalized spacial score (nSPS) is 17.5. The van der Waals surface area contributed by atoms with Gasteiger partial charge < -0.3 is 20.0 Å². The second-order valence-electron chi connectivity index (χ2n) is 7.60. The van der Waals surface area contributed by atoms with Crippen LogP contribution in [0.25, 0.3) is 0 Å². The lowest BCUT2D eigenvalue weighted by Crippen LogP contribution is -2.52. The van der Waals surface area contributed by atoms with E-state index < -0.39 is 11.7 Å². The summed E-state index contributed by atoms with van der Waals surface area (Å²) in [6, 6.07) is 5.47.